The van der Waals surface area contributed by atoms with Gasteiger partial charge in [0.25, 0.3) is 0 Å². The van der Waals surface area contributed by atoms with E-state index >= 15 is 0 Å². The van der Waals surface area contributed by atoms with Crippen LogP contribution in [0.2, 0.25) is 5.02 Å². The Hall–Kier alpha value is -3.57. The Bertz CT molecular complexity index is 1080. The van der Waals surface area contributed by atoms with Gasteiger partial charge in [0.2, 0.25) is 5.88 Å². The van der Waals surface area contributed by atoms with Gasteiger partial charge in [-0.25, -0.2) is 14.8 Å². The number of carbonyl (C=O) groups excluding carboxylic acids is 1. The number of halogens is 4. The van der Waals surface area contributed by atoms with Crippen LogP contribution >= 0.6 is 11.6 Å². The first kappa shape index (κ1) is 23.1. The normalized spacial score (nSPS) is 11.0. The molecule has 168 valence electrons. The van der Waals surface area contributed by atoms with E-state index in [-0.39, 0.29) is 18.2 Å². The number of rotatable bonds is 7. The second-order valence-corrected chi connectivity index (χ2v) is 6.70. The monoisotopic (exact) mass is 467 g/mol. The fourth-order valence-electron chi connectivity index (χ4n) is 2.52. The molecule has 0 unspecified atom stereocenters. The molecule has 0 radical (unpaired) electrons. The van der Waals surface area contributed by atoms with Gasteiger partial charge in [0, 0.05) is 24.0 Å². The molecule has 32 heavy (non-hydrogen) atoms. The molecule has 0 aliphatic carbocycles. The number of aliphatic hydroxyl groups is 1. The number of alkyl halides is 3. The summed E-state index contributed by atoms with van der Waals surface area (Å²) in [5.41, 5.74) is -0.723. The number of anilines is 3. The molecule has 4 N–H and O–H groups in total. The molecule has 0 aliphatic rings. The molecular formula is C20H17ClF3N5O3. The standard InChI is InChI=1S/C20H17ClF3N5O3/c21-16-6-3-13(9-15(16)20(22,23)24)29-19(31)28-12-1-4-14(5-2-12)32-18-10-17(25-7-8-30)26-11-27-18/h1-6,9-11,30H,7-8H2,(H,25,26,27)(H2,28,29,31). The van der Waals surface area contributed by atoms with E-state index in [0.717, 1.165) is 12.1 Å². The number of nitrogens with one attached hydrogen (secondary N) is 3. The Kier molecular flexibility index (Phi) is 7.33. The second-order valence-electron chi connectivity index (χ2n) is 6.29. The fourth-order valence-corrected chi connectivity index (χ4v) is 2.74. The third-order valence-electron chi connectivity index (χ3n) is 3.92. The van der Waals surface area contributed by atoms with Crippen molar-refractivity contribution in [2.24, 2.45) is 0 Å². The van der Waals surface area contributed by atoms with Gasteiger partial charge >= 0.3 is 12.2 Å². The molecule has 12 heteroatoms. The Morgan fingerprint density at radius 3 is 2.41 bits per heavy atom. The molecule has 0 saturated carbocycles. The largest absolute Gasteiger partial charge is 0.439 e. The van der Waals surface area contributed by atoms with Crippen LogP contribution < -0.4 is 20.7 Å². The quantitative estimate of drug-likeness (QED) is 0.390. The van der Waals surface area contributed by atoms with Gasteiger partial charge in [0.05, 0.1) is 17.2 Å². The van der Waals surface area contributed by atoms with Crippen LogP contribution in [0.3, 0.4) is 0 Å². The third kappa shape index (κ3) is 6.46. The number of aromatic nitrogens is 2. The summed E-state index contributed by atoms with van der Waals surface area (Å²) in [7, 11) is 0. The predicted molar refractivity (Wildman–Crippen MR) is 113 cm³/mol. The van der Waals surface area contributed by atoms with Crippen molar-refractivity contribution in [3.8, 4) is 11.6 Å². The predicted octanol–water partition coefficient (Wildman–Crippen LogP) is 4.99. The molecule has 0 aliphatic heterocycles. The lowest BCUT2D eigenvalue weighted by molar-refractivity contribution is -0.137. The second kappa shape index (κ2) is 10.2. The molecule has 0 bridgehead atoms. The summed E-state index contributed by atoms with van der Waals surface area (Å²) in [6, 6.07) is 10.1. The van der Waals surface area contributed by atoms with Gasteiger partial charge in [0.1, 0.15) is 17.9 Å². The molecule has 0 atom stereocenters. The lowest BCUT2D eigenvalue weighted by Crippen LogP contribution is -2.19. The molecule has 2 aromatic carbocycles. The number of hydrogen-bond donors (Lipinski definition) is 4. The van der Waals surface area contributed by atoms with Crippen molar-refractivity contribution in [1.82, 2.24) is 9.97 Å². The number of urea groups is 1. The van der Waals surface area contributed by atoms with Crippen molar-refractivity contribution >= 4 is 34.8 Å². The number of amides is 2. The van der Waals surface area contributed by atoms with Crippen LogP contribution in [0.4, 0.5) is 35.2 Å². The summed E-state index contributed by atoms with van der Waals surface area (Å²) in [6.07, 6.45) is -3.34. The number of ether oxygens (including phenoxy) is 1. The first-order valence-electron chi connectivity index (χ1n) is 9.14. The van der Waals surface area contributed by atoms with Crippen molar-refractivity contribution in [3.63, 3.8) is 0 Å². The van der Waals surface area contributed by atoms with Gasteiger partial charge in [-0.3, -0.25) is 0 Å². The Labute approximate surface area is 185 Å². The van der Waals surface area contributed by atoms with Crippen LogP contribution in [0.1, 0.15) is 5.56 Å². The minimum atomic E-state index is -4.64. The summed E-state index contributed by atoms with van der Waals surface area (Å²) in [5.74, 6) is 1.17. The third-order valence-corrected chi connectivity index (χ3v) is 4.25. The van der Waals surface area contributed by atoms with Crippen molar-refractivity contribution in [2.75, 3.05) is 29.1 Å². The highest BCUT2D eigenvalue weighted by Gasteiger charge is 2.33. The lowest BCUT2D eigenvalue weighted by Gasteiger charge is -2.12. The maximum Gasteiger partial charge on any atom is 0.417 e. The van der Waals surface area contributed by atoms with Gasteiger partial charge in [-0.2, -0.15) is 13.2 Å². The van der Waals surface area contributed by atoms with Crippen LogP contribution in [-0.2, 0) is 6.18 Å². The van der Waals surface area contributed by atoms with Gasteiger partial charge in [-0.05, 0) is 42.5 Å². The zero-order chi connectivity index (χ0) is 23.1. The maximum absolute atomic E-state index is 12.9. The van der Waals surface area contributed by atoms with E-state index in [9.17, 15) is 18.0 Å². The summed E-state index contributed by atoms with van der Waals surface area (Å²) in [4.78, 5) is 20.1. The highest BCUT2D eigenvalue weighted by molar-refractivity contribution is 6.31. The SMILES string of the molecule is O=C(Nc1ccc(Oc2cc(NCCO)ncn2)cc1)Nc1ccc(Cl)c(C(F)(F)F)c1. The first-order chi connectivity index (χ1) is 15.2. The van der Waals surface area contributed by atoms with Gasteiger partial charge in [-0.1, -0.05) is 11.6 Å². The summed E-state index contributed by atoms with van der Waals surface area (Å²) >= 11 is 5.57. The van der Waals surface area contributed by atoms with Crippen molar-refractivity contribution in [2.45, 2.75) is 6.18 Å². The van der Waals surface area contributed by atoms with E-state index in [1.54, 1.807) is 30.3 Å². The summed E-state index contributed by atoms with van der Waals surface area (Å²) in [6.45, 7) is 0.274. The van der Waals surface area contributed by atoms with Crippen LogP contribution in [0, 0.1) is 0 Å². The van der Waals surface area contributed by atoms with E-state index in [2.05, 4.69) is 25.9 Å². The number of benzene rings is 2. The van der Waals surface area contributed by atoms with Crippen LogP contribution in [0.5, 0.6) is 11.6 Å². The Balaban J connectivity index is 1.59. The number of carbonyl (C=O) groups is 1. The molecule has 0 fully saturated rings. The van der Waals surface area contributed by atoms with Crippen LogP contribution in [0.15, 0.2) is 54.9 Å². The topological polar surface area (TPSA) is 108 Å². The van der Waals surface area contributed by atoms with Crippen molar-refractivity contribution < 1.29 is 27.8 Å². The van der Waals surface area contributed by atoms with E-state index < -0.39 is 22.8 Å². The number of aliphatic hydroxyl groups excluding tert-OH is 1. The van der Waals surface area contributed by atoms with Gasteiger partial charge in [-0.15, -0.1) is 0 Å². The van der Waals surface area contributed by atoms with Crippen LogP contribution in [-0.4, -0.2) is 34.3 Å². The molecule has 3 aromatic rings. The molecule has 3 rings (SSSR count). The lowest BCUT2D eigenvalue weighted by atomic mass is 10.2. The molecule has 1 aromatic heterocycles. The van der Waals surface area contributed by atoms with E-state index in [1.807, 2.05) is 0 Å². The average molecular weight is 468 g/mol. The van der Waals surface area contributed by atoms with E-state index in [4.69, 9.17) is 21.4 Å². The van der Waals surface area contributed by atoms with Crippen molar-refractivity contribution in [1.29, 1.82) is 0 Å². The fraction of sp³-hybridized carbons (Fsp3) is 0.150. The highest BCUT2D eigenvalue weighted by atomic mass is 35.5. The minimum Gasteiger partial charge on any atom is -0.439 e. The molecule has 0 saturated heterocycles. The average Bonchev–Trinajstić information content (AvgIpc) is 2.74. The maximum atomic E-state index is 12.9. The highest BCUT2D eigenvalue weighted by Crippen LogP contribution is 2.36. The van der Waals surface area contributed by atoms with E-state index in [0.29, 0.717) is 23.8 Å². The molecule has 0 spiro atoms. The Morgan fingerprint density at radius 1 is 1.03 bits per heavy atom. The van der Waals surface area contributed by atoms with Crippen LogP contribution in [0.25, 0.3) is 0 Å². The summed E-state index contributed by atoms with van der Waals surface area (Å²) in [5, 5.41) is 16.1. The zero-order valence-electron chi connectivity index (χ0n) is 16.3. The summed E-state index contributed by atoms with van der Waals surface area (Å²) < 4.78 is 44.4. The Morgan fingerprint density at radius 2 is 1.72 bits per heavy atom. The number of hydrogen-bond acceptors (Lipinski definition) is 6. The zero-order valence-corrected chi connectivity index (χ0v) is 17.0. The minimum absolute atomic E-state index is 0.0518. The number of nitrogens with zero attached hydrogens (tertiary/aromatic N) is 2. The van der Waals surface area contributed by atoms with E-state index in [1.165, 1.54) is 12.4 Å². The molecule has 8 nitrogen and oxygen atoms in total. The van der Waals surface area contributed by atoms with Gasteiger partial charge in [0.15, 0.2) is 0 Å². The smallest absolute Gasteiger partial charge is 0.417 e. The van der Waals surface area contributed by atoms with Crippen molar-refractivity contribution in [3.05, 3.63) is 65.4 Å². The molecule has 1 heterocycles. The first-order valence-corrected chi connectivity index (χ1v) is 9.52. The molecular weight excluding hydrogens is 451 g/mol. The van der Waals surface area contributed by atoms with Gasteiger partial charge < -0.3 is 25.8 Å². The molecule has 2 amide bonds.